The van der Waals surface area contributed by atoms with Crippen LogP contribution >= 0.6 is 0 Å². The zero-order valence-electron chi connectivity index (χ0n) is 12.0. The summed E-state index contributed by atoms with van der Waals surface area (Å²) >= 11 is 0. The van der Waals surface area contributed by atoms with E-state index in [0.29, 0.717) is 6.04 Å². The Morgan fingerprint density at radius 3 is 2.75 bits per heavy atom. The quantitative estimate of drug-likeness (QED) is 0.886. The number of likely N-dealkylation sites (N-methyl/N-ethyl adjacent to an activating group) is 1. The minimum absolute atomic E-state index is 0.125. The molecule has 1 atom stereocenters. The third-order valence-corrected chi connectivity index (χ3v) is 4.43. The highest BCUT2D eigenvalue weighted by molar-refractivity contribution is 6.04. The number of nitrogens with two attached hydrogens (primary N) is 1. The Kier molecular flexibility index (Phi) is 3.23. The molecule has 2 heterocycles. The predicted molar refractivity (Wildman–Crippen MR) is 78.7 cm³/mol. The Morgan fingerprint density at radius 1 is 1.40 bits per heavy atom. The topological polar surface area (TPSA) is 75.3 Å². The van der Waals surface area contributed by atoms with Crippen molar-refractivity contribution < 1.29 is 4.79 Å². The molecule has 1 aromatic heterocycles. The van der Waals surface area contributed by atoms with E-state index in [1.165, 1.54) is 12.8 Å². The lowest BCUT2D eigenvalue weighted by molar-refractivity contribution is -0.120. The first kappa shape index (κ1) is 13.1. The Labute approximate surface area is 119 Å². The molecule has 1 aliphatic heterocycles. The average Bonchev–Trinajstić information content (AvgIpc) is 2.96. The molecule has 20 heavy (non-hydrogen) atoms. The number of hydrogen-bond acceptors (Lipinski definition) is 5. The molecule has 1 aromatic rings. The van der Waals surface area contributed by atoms with E-state index >= 15 is 0 Å². The second-order valence-corrected chi connectivity index (χ2v) is 5.60. The first-order chi connectivity index (χ1) is 9.63. The maximum absolute atomic E-state index is 12.6. The van der Waals surface area contributed by atoms with Gasteiger partial charge < -0.3 is 15.5 Å². The number of anilines is 3. The summed E-state index contributed by atoms with van der Waals surface area (Å²) in [7, 11) is 1.79. The molecule has 2 N–H and O–H groups in total. The number of nitrogen functional groups attached to an aromatic ring is 1. The van der Waals surface area contributed by atoms with Crippen molar-refractivity contribution in [3.63, 3.8) is 0 Å². The van der Waals surface area contributed by atoms with Gasteiger partial charge >= 0.3 is 0 Å². The van der Waals surface area contributed by atoms with Gasteiger partial charge in [0.2, 0.25) is 11.9 Å². The van der Waals surface area contributed by atoms with Gasteiger partial charge in [0.1, 0.15) is 11.7 Å². The summed E-state index contributed by atoms with van der Waals surface area (Å²) in [5, 5.41) is 0. The standard InChI is InChI=1S/C14H21N5O/c1-3-10-13(20)18(2)11-8-16-14(15)17-12(11)19(10)9-6-4-5-7-9/h8-10H,3-7H2,1-2H3,(H2,15,16,17)/t10-/m1/s1. The molecule has 2 aliphatic rings. The van der Waals surface area contributed by atoms with Gasteiger partial charge in [0, 0.05) is 13.1 Å². The van der Waals surface area contributed by atoms with Crippen LogP contribution in [0.5, 0.6) is 0 Å². The van der Waals surface area contributed by atoms with Crippen LogP contribution in [0.4, 0.5) is 17.5 Å². The lowest BCUT2D eigenvalue weighted by atomic mass is 10.0. The summed E-state index contributed by atoms with van der Waals surface area (Å²) < 4.78 is 0. The van der Waals surface area contributed by atoms with E-state index in [2.05, 4.69) is 14.9 Å². The highest BCUT2D eigenvalue weighted by atomic mass is 16.2. The van der Waals surface area contributed by atoms with E-state index in [-0.39, 0.29) is 17.9 Å². The molecule has 1 saturated carbocycles. The minimum Gasteiger partial charge on any atom is -0.368 e. The van der Waals surface area contributed by atoms with Gasteiger partial charge in [0.15, 0.2) is 5.82 Å². The number of amides is 1. The van der Waals surface area contributed by atoms with Crippen molar-refractivity contribution in [2.24, 2.45) is 0 Å². The van der Waals surface area contributed by atoms with Crippen LogP contribution in [0.1, 0.15) is 39.0 Å². The molecule has 6 heteroatoms. The Hall–Kier alpha value is -1.85. The molecule has 0 radical (unpaired) electrons. The molecule has 0 spiro atoms. The molecule has 6 nitrogen and oxygen atoms in total. The van der Waals surface area contributed by atoms with Crippen LogP contribution in [0.3, 0.4) is 0 Å². The largest absolute Gasteiger partial charge is 0.368 e. The van der Waals surface area contributed by atoms with Crippen molar-refractivity contribution in [3.8, 4) is 0 Å². The van der Waals surface area contributed by atoms with Crippen molar-refractivity contribution in [1.82, 2.24) is 9.97 Å². The van der Waals surface area contributed by atoms with Crippen molar-refractivity contribution in [3.05, 3.63) is 6.20 Å². The number of carbonyl (C=O) groups is 1. The molecule has 0 unspecified atom stereocenters. The molecule has 1 fully saturated rings. The molecular weight excluding hydrogens is 254 g/mol. The average molecular weight is 275 g/mol. The summed E-state index contributed by atoms with van der Waals surface area (Å²) in [5.41, 5.74) is 6.52. The van der Waals surface area contributed by atoms with Crippen LogP contribution in [-0.2, 0) is 4.79 Å². The number of nitrogens with zero attached hydrogens (tertiary/aromatic N) is 4. The molecular formula is C14H21N5O. The number of carbonyl (C=O) groups excluding carboxylic acids is 1. The third kappa shape index (κ3) is 1.90. The van der Waals surface area contributed by atoms with Gasteiger partial charge in [-0.15, -0.1) is 0 Å². The number of fused-ring (bicyclic) bond motifs is 1. The van der Waals surface area contributed by atoms with Gasteiger partial charge in [-0.3, -0.25) is 4.79 Å². The van der Waals surface area contributed by atoms with Gasteiger partial charge in [-0.2, -0.15) is 4.98 Å². The van der Waals surface area contributed by atoms with Gasteiger partial charge in [0.05, 0.1) is 6.20 Å². The predicted octanol–water partition coefficient (Wildman–Crippen LogP) is 1.56. The molecule has 108 valence electrons. The van der Waals surface area contributed by atoms with Crippen molar-refractivity contribution in [2.45, 2.75) is 51.1 Å². The molecule has 0 bridgehead atoms. The van der Waals surface area contributed by atoms with Gasteiger partial charge in [-0.1, -0.05) is 19.8 Å². The zero-order valence-corrected chi connectivity index (χ0v) is 12.0. The first-order valence-corrected chi connectivity index (χ1v) is 7.32. The molecule has 1 aliphatic carbocycles. The van der Waals surface area contributed by atoms with Gasteiger partial charge in [0.25, 0.3) is 0 Å². The highest BCUT2D eigenvalue weighted by Crippen LogP contribution is 2.39. The Bertz CT molecular complexity index is 526. The fourth-order valence-electron chi connectivity index (χ4n) is 3.40. The highest BCUT2D eigenvalue weighted by Gasteiger charge is 2.40. The van der Waals surface area contributed by atoms with Crippen LogP contribution in [0.25, 0.3) is 0 Å². The van der Waals surface area contributed by atoms with E-state index < -0.39 is 0 Å². The van der Waals surface area contributed by atoms with E-state index in [1.54, 1.807) is 18.1 Å². The minimum atomic E-state index is -0.134. The Balaban J connectivity index is 2.11. The molecule has 0 saturated heterocycles. The van der Waals surface area contributed by atoms with E-state index in [1.807, 2.05) is 6.92 Å². The van der Waals surface area contributed by atoms with Crippen LogP contribution in [0.15, 0.2) is 6.20 Å². The van der Waals surface area contributed by atoms with Crippen LogP contribution in [-0.4, -0.2) is 35.0 Å². The molecule has 1 amide bonds. The zero-order chi connectivity index (χ0) is 14.3. The normalized spacial score (nSPS) is 23.3. The van der Waals surface area contributed by atoms with Crippen molar-refractivity contribution >= 4 is 23.4 Å². The summed E-state index contributed by atoms with van der Waals surface area (Å²) in [6, 6.07) is 0.260. The van der Waals surface area contributed by atoms with Gasteiger partial charge in [-0.05, 0) is 19.3 Å². The SMILES string of the molecule is CC[C@@H]1C(=O)N(C)c2cnc(N)nc2N1C1CCCC1. The number of hydrogen-bond donors (Lipinski definition) is 1. The summed E-state index contributed by atoms with van der Waals surface area (Å²) in [4.78, 5) is 24.9. The first-order valence-electron chi connectivity index (χ1n) is 7.32. The fraction of sp³-hybridized carbons (Fsp3) is 0.643. The second kappa shape index (κ2) is 4.92. The fourth-order valence-corrected chi connectivity index (χ4v) is 3.40. The number of aromatic nitrogens is 2. The lowest BCUT2D eigenvalue weighted by Crippen LogP contribution is -2.55. The van der Waals surface area contributed by atoms with Crippen LogP contribution < -0.4 is 15.5 Å². The molecule has 3 rings (SSSR count). The maximum Gasteiger partial charge on any atom is 0.249 e. The maximum atomic E-state index is 12.6. The summed E-state index contributed by atoms with van der Waals surface area (Å²) in [5.74, 6) is 1.21. The van der Waals surface area contributed by atoms with Crippen molar-refractivity contribution in [1.29, 1.82) is 0 Å². The smallest absolute Gasteiger partial charge is 0.249 e. The third-order valence-electron chi connectivity index (χ3n) is 4.43. The molecule has 0 aromatic carbocycles. The van der Waals surface area contributed by atoms with Gasteiger partial charge in [-0.25, -0.2) is 4.98 Å². The monoisotopic (exact) mass is 275 g/mol. The van der Waals surface area contributed by atoms with E-state index in [0.717, 1.165) is 30.8 Å². The van der Waals surface area contributed by atoms with E-state index in [4.69, 9.17) is 5.73 Å². The van der Waals surface area contributed by atoms with E-state index in [9.17, 15) is 4.79 Å². The summed E-state index contributed by atoms with van der Waals surface area (Å²) in [6.07, 6.45) is 7.12. The van der Waals surface area contributed by atoms with Crippen LogP contribution in [0, 0.1) is 0 Å². The Morgan fingerprint density at radius 2 is 2.10 bits per heavy atom. The second-order valence-electron chi connectivity index (χ2n) is 5.60. The number of rotatable bonds is 2. The summed E-state index contributed by atoms with van der Waals surface area (Å²) in [6.45, 7) is 2.05. The lowest BCUT2D eigenvalue weighted by Gasteiger charge is -2.43. The van der Waals surface area contributed by atoms with Crippen LogP contribution in [0.2, 0.25) is 0 Å². The van der Waals surface area contributed by atoms with Crippen molar-refractivity contribution in [2.75, 3.05) is 22.6 Å².